The Hall–Kier alpha value is -2.22. The molecule has 0 atom stereocenters. The van der Waals surface area contributed by atoms with Gasteiger partial charge in [-0.2, -0.15) is 0 Å². The number of carbonyl (C=O) groups excluding carboxylic acids is 2. The molecule has 2 fully saturated rings. The van der Waals surface area contributed by atoms with Crippen molar-refractivity contribution in [1.29, 1.82) is 0 Å². The average molecular weight is 375 g/mol. The maximum absolute atomic E-state index is 11.8. The third kappa shape index (κ3) is 3.70. The van der Waals surface area contributed by atoms with Crippen LogP contribution in [0.4, 0.5) is 0 Å². The molecule has 2 aliphatic rings. The van der Waals surface area contributed by atoms with Gasteiger partial charge in [0.25, 0.3) is 0 Å². The molecular weight excluding hydrogens is 344 g/mol. The van der Waals surface area contributed by atoms with E-state index < -0.39 is 0 Å². The first-order valence-electron chi connectivity index (χ1n) is 11.0. The highest BCUT2D eigenvalue weighted by Crippen LogP contribution is 2.46. The predicted octanol–water partition coefficient (Wildman–Crippen LogP) is 7.07. The summed E-state index contributed by atoms with van der Waals surface area (Å²) in [6.45, 7) is 0. The van der Waals surface area contributed by atoms with Gasteiger partial charge in [-0.1, -0.05) is 74.9 Å². The Labute approximate surface area is 168 Å². The highest BCUT2D eigenvalue weighted by molar-refractivity contribution is 5.98. The molecule has 28 heavy (non-hydrogen) atoms. The van der Waals surface area contributed by atoms with Crippen LogP contribution in [-0.2, 0) is 0 Å². The summed E-state index contributed by atoms with van der Waals surface area (Å²) in [5.74, 6) is 1.16. The second-order valence-electron chi connectivity index (χ2n) is 8.53. The second kappa shape index (κ2) is 8.86. The van der Waals surface area contributed by atoms with Gasteiger partial charge in [0.05, 0.1) is 0 Å². The number of benzene rings is 2. The fraction of sp³-hybridized carbons (Fsp3) is 0.462. The van der Waals surface area contributed by atoms with Crippen LogP contribution >= 0.6 is 0 Å². The van der Waals surface area contributed by atoms with E-state index in [-0.39, 0.29) is 0 Å². The normalized spacial score (nSPS) is 18.7. The summed E-state index contributed by atoms with van der Waals surface area (Å²) in [7, 11) is 0. The molecule has 0 aliphatic heterocycles. The summed E-state index contributed by atoms with van der Waals surface area (Å²) in [5, 5.41) is 0. The third-order valence-electron chi connectivity index (χ3n) is 6.85. The number of aldehydes is 2. The van der Waals surface area contributed by atoms with Gasteiger partial charge in [0.2, 0.25) is 0 Å². The lowest BCUT2D eigenvalue weighted by Crippen LogP contribution is -2.14. The first kappa shape index (κ1) is 19.1. The summed E-state index contributed by atoms with van der Waals surface area (Å²) in [6.07, 6.45) is 14.6. The molecule has 2 saturated carbocycles. The minimum atomic E-state index is 0.543. The molecule has 0 heterocycles. The standard InChI is InChI=1S/C26H30O2/c27-17-21-13-7-14-22(18-28)25(21)24-16-8-15-23(19-9-3-1-4-10-19)26(24)20-11-5-2-6-12-20/h7-8,13-20H,1-6,9-12H2. The minimum absolute atomic E-state index is 0.543. The van der Waals surface area contributed by atoms with Crippen LogP contribution in [0.3, 0.4) is 0 Å². The van der Waals surface area contributed by atoms with Crippen molar-refractivity contribution >= 4 is 12.6 Å². The number of carbonyl (C=O) groups is 2. The van der Waals surface area contributed by atoms with Gasteiger partial charge in [0.1, 0.15) is 0 Å². The van der Waals surface area contributed by atoms with Crippen LogP contribution in [0.5, 0.6) is 0 Å². The van der Waals surface area contributed by atoms with E-state index in [2.05, 4.69) is 18.2 Å². The molecule has 0 amide bonds. The van der Waals surface area contributed by atoms with Crippen molar-refractivity contribution in [2.24, 2.45) is 0 Å². The van der Waals surface area contributed by atoms with E-state index in [1.807, 2.05) is 18.2 Å². The molecule has 4 rings (SSSR count). The molecule has 2 nitrogen and oxygen atoms in total. The number of rotatable bonds is 5. The van der Waals surface area contributed by atoms with Gasteiger partial charge >= 0.3 is 0 Å². The Morgan fingerprint density at radius 1 is 0.643 bits per heavy atom. The quantitative estimate of drug-likeness (QED) is 0.524. The van der Waals surface area contributed by atoms with Gasteiger partial charge in [0, 0.05) is 16.7 Å². The SMILES string of the molecule is O=Cc1cccc(C=O)c1-c1cccc(C2CCCCC2)c1C1CCCCC1. The molecule has 2 aromatic carbocycles. The summed E-state index contributed by atoms with van der Waals surface area (Å²) in [6, 6.07) is 12.1. The monoisotopic (exact) mass is 374 g/mol. The van der Waals surface area contributed by atoms with Crippen molar-refractivity contribution in [3.05, 3.63) is 58.7 Å². The summed E-state index contributed by atoms with van der Waals surface area (Å²) in [5.41, 5.74) is 6.14. The summed E-state index contributed by atoms with van der Waals surface area (Å²) >= 11 is 0. The van der Waals surface area contributed by atoms with Gasteiger partial charge in [-0.15, -0.1) is 0 Å². The minimum Gasteiger partial charge on any atom is -0.298 e. The zero-order valence-corrected chi connectivity index (χ0v) is 16.7. The maximum atomic E-state index is 11.8. The summed E-state index contributed by atoms with van der Waals surface area (Å²) < 4.78 is 0. The van der Waals surface area contributed by atoms with Gasteiger partial charge < -0.3 is 0 Å². The second-order valence-corrected chi connectivity index (χ2v) is 8.53. The lowest BCUT2D eigenvalue weighted by atomic mass is 9.73. The zero-order chi connectivity index (χ0) is 19.3. The van der Waals surface area contributed by atoms with Crippen molar-refractivity contribution in [2.45, 2.75) is 76.0 Å². The van der Waals surface area contributed by atoms with Crippen LogP contribution in [-0.4, -0.2) is 12.6 Å². The van der Waals surface area contributed by atoms with E-state index in [9.17, 15) is 9.59 Å². The molecule has 0 radical (unpaired) electrons. The fourth-order valence-corrected chi connectivity index (χ4v) is 5.51. The van der Waals surface area contributed by atoms with Crippen molar-refractivity contribution in [3.8, 4) is 11.1 Å². The number of hydrogen-bond acceptors (Lipinski definition) is 2. The van der Waals surface area contributed by atoms with E-state index in [4.69, 9.17) is 0 Å². The van der Waals surface area contributed by atoms with Crippen molar-refractivity contribution in [1.82, 2.24) is 0 Å². The first-order valence-corrected chi connectivity index (χ1v) is 11.0. The van der Waals surface area contributed by atoms with E-state index in [0.29, 0.717) is 23.0 Å². The molecule has 2 aromatic rings. The molecular formula is C26H30O2. The fourth-order valence-electron chi connectivity index (χ4n) is 5.51. The average Bonchev–Trinajstić information content (AvgIpc) is 2.79. The largest absolute Gasteiger partial charge is 0.298 e. The van der Waals surface area contributed by atoms with Crippen LogP contribution in [0, 0.1) is 0 Å². The first-order chi connectivity index (χ1) is 13.8. The van der Waals surface area contributed by atoms with E-state index in [0.717, 1.165) is 23.7 Å². The van der Waals surface area contributed by atoms with Crippen LogP contribution < -0.4 is 0 Å². The van der Waals surface area contributed by atoms with Crippen LogP contribution in [0.1, 0.15) is 108 Å². The molecule has 0 N–H and O–H groups in total. The van der Waals surface area contributed by atoms with E-state index >= 15 is 0 Å². The van der Waals surface area contributed by atoms with Gasteiger partial charge in [-0.05, 0) is 54.2 Å². The molecule has 146 valence electrons. The van der Waals surface area contributed by atoms with Gasteiger partial charge in [-0.3, -0.25) is 9.59 Å². The Balaban J connectivity index is 1.92. The Morgan fingerprint density at radius 3 is 1.75 bits per heavy atom. The molecule has 0 unspecified atom stereocenters. The Kier molecular flexibility index (Phi) is 6.04. The lowest BCUT2D eigenvalue weighted by Gasteiger charge is -2.32. The van der Waals surface area contributed by atoms with Gasteiger partial charge in [-0.25, -0.2) is 0 Å². The topological polar surface area (TPSA) is 34.1 Å². The van der Waals surface area contributed by atoms with Gasteiger partial charge in [0.15, 0.2) is 12.6 Å². The molecule has 0 saturated heterocycles. The van der Waals surface area contributed by atoms with Crippen molar-refractivity contribution in [3.63, 3.8) is 0 Å². The van der Waals surface area contributed by atoms with Crippen molar-refractivity contribution < 1.29 is 9.59 Å². The highest BCUT2D eigenvalue weighted by Gasteiger charge is 2.27. The predicted molar refractivity (Wildman–Crippen MR) is 114 cm³/mol. The zero-order valence-electron chi connectivity index (χ0n) is 16.7. The smallest absolute Gasteiger partial charge is 0.150 e. The molecule has 2 aliphatic carbocycles. The lowest BCUT2D eigenvalue weighted by molar-refractivity contribution is 0.112. The molecule has 0 aromatic heterocycles. The highest BCUT2D eigenvalue weighted by atomic mass is 16.1. The summed E-state index contributed by atoms with van der Waals surface area (Å²) in [4.78, 5) is 23.7. The van der Waals surface area contributed by atoms with Crippen molar-refractivity contribution in [2.75, 3.05) is 0 Å². The third-order valence-corrected chi connectivity index (χ3v) is 6.85. The van der Waals surface area contributed by atoms with Crippen LogP contribution in [0.25, 0.3) is 11.1 Å². The Morgan fingerprint density at radius 2 is 1.18 bits per heavy atom. The number of hydrogen-bond donors (Lipinski definition) is 0. The Bertz CT molecular complexity index is 813. The maximum Gasteiger partial charge on any atom is 0.150 e. The molecule has 0 spiro atoms. The van der Waals surface area contributed by atoms with E-state index in [1.165, 1.54) is 75.3 Å². The molecule has 0 bridgehead atoms. The van der Waals surface area contributed by atoms with Crippen LogP contribution in [0.15, 0.2) is 36.4 Å². The molecule has 2 heteroatoms. The van der Waals surface area contributed by atoms with Crippen LogP contribution in [0.2, 0.25) is 0 Å². The van der Waals surface area contributed by atoms with E-state index in [1.54, 1.807) is 0 Å².